The molecule has 1 rings (SSSR count). The zero-order valence-corrected chi connectivity index (χ0v) is 12.5. The van der Waals surface area contributed by atoms with Gasteiger partial charge in [-0.25, -0.2) is 0 Å². The smallest absolute Gasteiger partial charge is 0.224 e. The minimum Gasteiger partial charge on any atom is -0.353 e. The van der Waals surface area contributed by atoms with Crippen LogP contribution in [0, 0.1) is 11.3 Å². The lowest BCUT2D eigenvalue weighted by molar-refractivity contribution is -0.126. The van der Waals surface area contributed by atoms with Crippen LogP contribution in [0.3, 0.4) is 0 Å². The normalized spacial score (nSPS) is 26.7. The molecule has 1 unspecified atom stereocenters. The van der Waals surface area contributed by atoms with E-state index in [-0.39, 0.29) is 23.3 Å². The lowest BCUT2D eigenvalue weighted by Gasteiger charge is -2.28. The molecule has 0 aliphatic carbocycles. The van der Waals surface area contributed by atoms with Crippen LogP contribution in [0.1, 0.15) is 40.0 Å². The Morgan fingerprint density at radius 1 is 1.39 bits per heavy atom. The number of amides is 1. The van der Waals surface area contributed by atoms with Gasteiger partial charge in [0, 0.05) is 34.9 Å². The Labute approximate surface area is 113 Å². The summed E-state index contributed by atoms with van der Waals surface area (Å²) in [4.78, 5) is 12.1. The standard InChI is InChI=1S/C13H26N2O2S/c1-13(2,3)8-10(9-14)12(16)15-11-4-6-18(17)7-5-11/h10-11H,4-9,14H2,1-3H3,(H,15,16). The molecule has 1 atom stereocenters. The van der Waals surface area contributed by atoms with Gasteiger partial charge in [-0.15, -0.1) is 0 Å². The van der Waals surface area contributed by atoms with Gasteiger partial charge >= 0.3 is 0 Å². The third-order valence-corrected chi connectivity index (χ3v) is 4.63. The van der Waals surface area contributed by atoms with E-state index < -0.39 is 10.8 Å². The Balaban J connectivity index is 2.45. The fourth-order valence-electron chi connectivity index (χ4n) is 2.28. The number of carbonyl (C=O) groups is 1. The van der Waals surface area contributed by atoms with Crippen LogP contribution in [0.15, 0.2) is 0 Å². The second-order valence-corrected chi connectivity index (χ2v) is 8.02. The first-order chi connectivity index (χ1) is 8.31. The van der Waals surface area contributed by atoms with E-state index in [2.05, 4.69) is 26.1 Å². The molecule has 0 saturated carbocycles. The summed E-state index contributed by atoms with van der Waals surface area (Å²) in [5.74, 6) is 1.36. The van der Waals surface area contributed by atoms with Gasteiger partial charge in [0.15, 0.2) is 0 Å². The SMILES string of the molecule is CC(C)(C)CC(CN)C(=O)NC1CCS(=O)CC1. The molecule has 4 nitrogen and oxygen atoms in total. The third kappa shape index (κ3) is 5.48. The molecule has 1 amide bonds. The van der Waals surface area contributed by atoms with Crippen LogP contribution >= 0.6 is 0 Å². The third-order valence-electron chi connectivity index (χ3n) is 3.25. The zero-order valence-electron chi connectivity index (χ0n) is 11.7. The molecule has 1 aliphatic rings. The predicted octanol–water partition coefficient (Wildman–Crippen LogP) is 1.02. The van der Waals surface area contributed by atoms with Crippen LogP contribution in [0.4, 0.5) is 0 Å². The molecule has 18 heavy (non-hydrogen) atoms. The van der Waals surface area contributed by atoms with Gasteiger partial charge in [-0.05, 0) is 24.7 Å². The minimum atomic E-state index is -0.680. The maximum atomic E-state index is 12.1. The summed E-state index contributed by atoms with van der Waals surface area (Å²) in [7, 11) is -0.680. The monoisotopic (exact) mass is 274 g/mol. The number of nitrogens with two attached hydrogens (primary N) is 1. The highest BCUT2D eigenvalue weighted by Gasteiger charge is 2.26. The maximum absolute atomic E-state index is 12.1. The highest BCUT2D eigenvalue weighted by atomic mass is 32.2. The van der Waals surface area contributed by atoms with Gasteiger partial charge in [0.1, 0.15) is 0 Å². The van der Waals surface area contributed by atoms with Crippen LogP contribution in [0.5, 0.6) is 0 Å². The van der Waals surface area contributed by atoms with Crippen molar-refractivity contribution in [3.05, 3.63) is 0 Å². The van der Waals surface area contributed by atoms with Crippen LogP contribution < -0.4 is 11.1 Å². The summed E-state index contributed by atoms with van der Waals surface area (Å²) < 4.78 is 11.3. The van der Waals surface area contributed by atoms with E-state index in [1.165, 1.54) is 0 Å². The molecular formula is C13H26N2O2S. The first-order valence-electron chi connectivity index (χ1n) is 6.67. The topological polar surface area (TPSA) is 72.2 Å². The molecule has 5 heteroatoms. The highest BCUT2D eigenvalue weighted by Crippen LogP contribution is 2.24. The molecule has 0 aromatic heterocycles. The molecule has 0 aromatic rings. The quantitative estimate of drug-likeness (QED) is 0.804. The summed E-state index contributed by atoms with van der Waals surface area (Å²) in [6.45, 7) is 6.74. The molecule has 0 radical (unpaired) electrons. The zero-order chi connectivity index (χ0) is 13.8. The van der Waals surface area contributed by atoms with E-state index in [1.807, 2.05) is 0 Å². The maximum Gasteiger partial charge on any atom is 0.224 e. The van der Waals surface area contributed by atoms with Crippen molar-refractivity contribution in [1.82, 2.24) is 5.32 Å². The summed E-state index contributed by atoms with van der Waals surface area (Å²) in [6.07, 6.45) is 2.45. The van der Waals surface area contributed by atoms with Crippen molar-refractivity contribution < 1.29 is 9.00 Å². The van der Waals surface area contributed by atoms with Gasteiger partial charge in [-0.1, -0.05) is 20.8 Å². The fraction of sp³-hybridized carbons (Fsp3) is 0.923. The van der Waals surface area contributed by atoms with Crippen molar-refractivity contribution in [2.45, 2.75) is 46.1 Å². The van der Waals surface area contributed by atoms with E-state index in [4.69, 9.17) is 5.73 Å². The second kappa shape index (κ2) is 6.66. The Morgan fingerprint density at radius 2 is 1.94 bits per heavy atom. The van der Waals surface area contributed by atoms with E-state index in [0.717, 1.165) is 19.3 Å². The average molecular weight is 274 g/mol. The first kappa shape index (κ1) is 15.6. The van der Waals surface area contributed by atoms with Gasteiger partial charge in [0.05, 0.1) is 5.92 Å². The Kier molecular flexibility index (Phi) is 5.79. The van der Waals surface area contributed by atoms with E-state index in [1.54, 1.807) is 0 Å². The van der Waals surface area contributed by atoms with Crippen molar-refractivity contribution >= 4 is 16.7 Å². The molecule has 1 aliphatic heterocycles. The highest BCUT2D eigenvalue weighted by molar-refractivity contribution is 7.85. The van der Waals surface area contributed by atoms with Crippen molar-refractivity contribution in [2.75, 3.05) is 18.1 Å². The van der Waals surface area contributed by atoms with Gasteiger partial charge in [-0.2, -0.15) is 0 Å². The number of rotatable bonds is 4. The fourth-order valence-corrected chi connectivity index (χ4v) is 3.58. The second-order valence-electron chi connectivity index (χ2n) is 6.33. The molecule has 1 heterocycles. The summed E-state index contributed by atoms with van der Waals surface area (Å²) in [6, 6.07) is 0.184. The molecule has 1 fully saturated rings. The number of nitrogens with one attached hydrogen (secondary N) is 1. The van der Waals surface area contributed by atoms with Crippen LogP contribution in [-0.4, -0.2) is 34.2 Å². The summed E-state index contributed by atoms with van der Waals surface area (Å²) in [5.41, 5.74) is 5.81. The Morgan fingerprint density at radius 3 is 2.39 bits per heavy atom. The average Bonchev–Trinajstić information content (AvgIpc) is 2.27. The molecule has 106 valence electrons. The molecule has 0 aromatic carbocycles. The van der Waals surface area contributed by atoms with E-state index >= 15 is 0 Å². The van der Waals surface area contributed by atoms with Crippen molar-refractivity contribution in [1.29, 1.82) is 0 Å². The van der Waals surface area contributed by atoms with Crippen LogP contribution in [0.25, 0.3) is 0 Å². The molecule has 0 bridgehead atoms. The molecule has 0 spiro atoms. The summed E-state index contributed by atoms with van der Waals surface area (Å²) in [5, 5.41) is 3.06. The number of hydrogen-bond acceptors (Lipinski definition) is 3. The van der Waals surface area contributed by atoms with Gasteiger partial charge < -0.3 is 11.1 Å². The molecule has 1 saturated heterocycles. The van der Waals surface area contributed by atoms with E-state index in [9.17, 15) is 9.00 Å². The van der Waals surface area contributed by atoms with Gasteiger partial charge in [0.25, 0.3) is 0 Å². The molecular weight excluding hydrogens is 248 g/mol. The van der Waals surface area contributed by atoms with Crippen molar-refractivity contribution in [2.24, 2.45) is 17.1 Å². The number of carbonyl (C=O) groups excluding carboxylic acids is 1. The van der Waals surface area contributed by atoms with Crippen molar-refractivity contribution in [3.8, 4) is 0 Å². The predicted molar refractivity (Wildman–Crippen MR) is 75.7 cm³/mol. The largest absolute Gasteiger partial charge is 0.353 e. The molecule has 3 N–H and O–H groups in total. The Bertz CT molecular complexity index is 303. The summed E-state index contributed by atoms with van der Waals surface area (Å²) >= 11 is 0. The first-order valence-corrected chi connectivity index (χ1v) is 8.16. The van der Waals surface area contributed by atoms with Gasteiger partial charge in [0.2, 0.25) is 5.91 Å². The van der Waals surface area contributed by atoms with Crippen LogP contribution in [-0.2, 0) is 15.6 Å². The van der Waals surface area contributed by atoms with E-state index in [0.29, 0.717) is 18.1 Å². The number of hydrogen-bond donors (Lipinski definition) is 2. The van der Waals surface area contributed by atoms with Crippen molar-refractivity contribution in [3.63, 3.8) is 0 Å². The Hall–Kier alpha value is -0.420. The lowest BCUT2D eigenvalue weighted by Crippen LogP contribution is -2.45. The van der Waals surface area contributed by atoms with Gasteiger partial charge in [-0.3, -0.25) is 9.00 Å². The minimum absolute atomic E-state index is 0.0603. The van der Waals surface area contributed by atoms with Crippen LogP contribution in [0.2, 0.25) is 0 Å². The lowest BCUT2D eigenvalue weighted by atomic mass is 9.84.